The fraction of sp³-hybridized carbons (Fsp3) is 0.792. The Morgan fingerprint density at radius 2 is 2.10 bits per heavy atom. The lowest BCUT2D eigenvalue weighted by Gasteiger charge is -2.45. The first kappa shape index (κ1) is 22.7. The van der Waals surface area contributed by atoms with Crippen LogP contribution in [0.4, 0.5) is 4.39 Å². The van der Waals surface area contributed by atoms with Crippen molar-refractivity contribution in [1.29, 1.82) is 0 Å². The van der Waals surface area contributed by atoms with Crippen molar-refractivity contribution in [2.45, 2.75) is 96.2 Å². The van der Waals surface area contributed by atoms with Crippen LogP contribution in [0.2, 0.25) is 0 Å². The van der Waals surface area contributed by atoms with E-state index < -0.39 is 6.17 Å². The van der Waals surface area contributed by atoms with Gasteiger partial charge in [-0.1, -0.05) is 19.8 Å². The molecule has 4 atom stereocenters. The molecule has 0 radical (unpaired) electrons. The van der Waals surface area contributed by atoms with Crippen LogP contribution < -0.4 is 0 Å². The molecule has 3 unspecified atom stereocenters. The minimum atomic E-state index is -0.673. The van der Waals surface area contributed by atoms with Crippen LogP contribution in [0.5, 0.6) is 0 Å². The lowest BCUT2D eigenvalue weighted by molar-refractivity contribution is -0.0440. The van der Waals surface area contributed by atoms with E-state index in [1.807, 2.05) is 12.1 Å². The Labute approximate surface area is 179 Å². The molecule has 0 saturated heterocycles. The van der Waals surface area contributed by atoms with Crippen LogP contribution >= 0.6 is 11.3 Å². The van der Waals surface area contributed by atoms with E-state index in [0.717, 1.165) is 64.2 Å². The molecule has 29 heavy (non-hydrogen) atoms. The summed E-state index contributed by atoms with van der Waals surface area (Å²) in [5.41, 5.74) is 0.161. The summed E-state index contributed by atoms with van der Waals surface area (Å²) in [6.45, 7) is 2.19. The standard InChI is InChI=1S/C24H37FO3S/c1-3-24(15-6-16-24)22(26)10-5-9-19-17(11-13-20(19)25)7-4-8-18-12-14-21(29-18)23(27)28-2/h12,14,17,19-20,22,26H,3-11,13,15-16H2,1-2H3/t17-,19?,20?,22?/m0/s1. The molecule has 0 aromatic carbocycles. The first-order valence-corrected chi connectivity index (χ1v) is 12.3. The summed E-state index contributed by atoms with van der Waals surface area (Å²) >= 11 is 1.50. The maximum atomic E-state index is 14.5. The Balaban J connectivity index is 1.41. The van der Waals surface area contributed by atoms with Crippen molar-refractivity contribution in [3.05, 3.63) is 21.9 Å². The summed E-state index contributed by atoms with van der Waals surface area (Å²) < 4.78 is 19.3. The quantitative estimate of drug-likeness (QED) is 0.422. The summed E-state index contributed by atoms with van der Waals surface area (Å²) in [6.07, 6.45) is 11.1. The van der Waals surface area contributed by atoms with Crippen LogP contribution in [0.1, 0.15) is 92.1 Å². The van der Waals surface area contributed by atoms with E-state index in [9.17, 15) is 14.3 Å². The van der Waals surface area contributed by atoms with E-state index >= 15 is 0 Å². The van der Waals surface area contributed by atoms with E-state index in [4.69, 9.17) is 4.74 Å². The smallest absolute Gasteiger partial charge is 0.348 e. The lowest BCUT2D eigenvalue weighted by atomic mass is 9.62. The highest BCUT2D eigenvalue weighted by atomic mass is 32.1. The average Bonchev–Trinajstić information content (AvgIpc) is 3.29. The minimum Gasteiger partial charge on any atom is -0.465 e. The van der Waals surface area contributed by atoms with E-state index in [1.165, 1.54) is 29.7 Å². The van der Waals surface area contributed by atoms with Crippen molar-refractivity contribution in [3.8, 4) is 0 Å². The van der Waals surface area contributed by atoms with E-state index in [2.05, 4.69) is 6.92 Å². The molecule has 1 heterocycles. The minimum absolute atomic E-state index is 0.161. The predicted octanol–water partition coefficient (Wildman–Crippen LogP) is 6.33. The third-order valence-electron chi connectivity index (χ3n) is 7.70. The summed E-state index contributed by atoms with van der Waals surface area (Å²) in [7, 11) is 1.41. The number of methoxy groups -OCH3 is 1. The number of esters is 1. The summed E-state index contributed by atoms with van der Waals surface area (Å²) in [5.74, 6) is 0.354. The topological polar surface area (TPSA) is 46.5 Å². The van der Waals surface area contributed by atoms with Gasteiger partial charge >= 0.3 is 5.97 Å². The molecule has 2 fully saturated rings. The van der Waals surface area contributed by atoms with Crippen LogP contribution in [0.25, 0.3) is 0 Å². The summed E-state index contributed by atoms with van der Waals surface area (Å²) in [4.78, 5) is 13.4. The fourth-order valence-corrected chi connectivity index (χ4v) is 6.51. The molecule has 0 aliphatic heterocycles. The molecule has 0 amide bonds. The highest BCUT2D eigenvalue weighted by Crippen LogP contribution is 2.48. The predicted molar refractivity (Wildman–Crippen MR) is 116 cm³/mol. The van der Waals surface area contributed by atoms with E-state index in [1.54, 1.807) is 0 Å². The van der Waals surface area contributed by atoms with Gasteiger partial charge < -0.3 is 9.84 Å². The van der Waals surface area contributed by atoms with Crippen LogP contribution in [-0.4, -0.2) is 30.5 Å². The van der Waals surface area contributed by atoms with Crippen molar-refractivity contribution in [1.82, 2.24) is 0 Å². The molecular weight excluding hydrogens is 387 g/mol. The average molecular weight is 425 g/mol. The Bertz CT molecular complexity index is 649. The van der Waals surface area contributed by atoms with Crippen molar-refractivity contribution < 1.29 is 19.0 Å². The number of aryl methyl sites for hydroxylation is 1. The summed E-state index contributed by atoms with van der Waals surface area (Å²) in [5, 5.41) is 10.6. The molecule has 1 aromatic rings. The maximum Gasteiger partial charge on any atom is 0.348 e. The number of alkyl halides is 1. The molecule has 0 spiro atoms. The maximum absolute atomic E-state index is 14.5. The highest BCUT2D eigenvalue weighted by molar-refractivity contribution is 7.13. The largest absolute Gasteiger partial charge is 0.465 e. The fourth-order valence-electron chi connectivity index (χ4n) is 5.54. The molecular formula is C24H37FO3S. The molecule has 1 N–H and O–H groups in total. The first-order valence-electron chi connectivity index (χ1n) is 11.5. The number of aliphatic hydroxyl groups excluding tert-OH is 1. The van der Waals surface area contributed by atoms with Gasteiger partial charge in [0.15, 0.2) is 0 Å². The summed E-state index contributed by atoms with van der Waals surface area (Å²) in [6, 6.07) is 3.84. The number of rotatable bonds is 11. The van der Waals surface area contributed by atoms with Crippen LogP contribution in [0.3, 0.4) is 0 Å². The monoisotopic (exact) mass is 424 g/mol. The number of ether oxygens (including phenoxy) is 1. The number of carbonyl (C=O) groups is 1. The number of carbonyl (C=O) groups excluding carboxylic acids is 1. The second-order valence-corrected chi connectivity index (χ2v) is 10.4. The molecule has 2 aliphatic carbocycles. The van der Waals surface area contributed by atoms with Gasteiger partial charge in [-0.3, -0.25) is 0 Å². The van der Waals surface area contributed by atoms with Crippen LogP contribution in [0, 0.1) is 17.3 Å². The first-order chi connectivity index (χ1) is 14.0. The SMILES string of the molecule is CCC1(C(O)CCCC2C(F)CC[C@@H]2CCCc2ccc(C(=O)OC)s2)CCC1. The Morgan fingerprint density at radius 1 is 1.31 bits per heavy atom. The second-order valence-electron chi connectivity index (χ2n) is 9.18. The Morgan fingerprint density at radius 3 is 2.76 bits per heavy atom. The van der Waals surface area contributed by atoms with Gasteiger partial charge in [0.2, 0.25) is 0 Å². The molecule has 2 saturated carbocycles. The number of aliphatic hydroxyl groups is 1. The molecule has 3 rings (SSSR count). The molecule has 2 aliphatic rings. The zero-order valence-corrected chi connectivity index (χ0v) is 18.8. The Kier molecular flexibility index (Phi) is 8.15. The van der Waals surface area contributed by atoms with Crippen molar-refractivity contribution >= 4 is 17.3 Å². The van der Waals surface area contributed by atoms with Crippen LogP contribution in [-0.2, 0) is 11.2 Å². The normalized spacial score (nSPS) is 26.8. The van der Waals surface area contributed by atoms with Gasteiger partial charge in [-0.05, 0) is 93.6 Å². The number of hydrogen-bond donors (Lipinski definition) is 1. The third-order valence-corrected chi connectivity index (χ3v) is 8.83. The van der Waals surface area contributed by atoms with E-state index in [0.29, 0.717) is 17.2 Å². The van der Waals surface area contributed by atoms with Gasteiger partial charge in [0.25, 0.3) is 0 Å². The third kappa shape index (κ3) is 5.41. The van der Waals surface area contributed by atoms with Gasteiger partial charge in [-0.2, -0.15) is 0 Å². The Hall–Kier alpha value is -0.940. The number of hydrogen-bond acceptors (Lipinski definition) is 4. The lowest BCUT2D eigenvalue weighted by Crippen LogP contribution is -2.40. The second kappa shape index (κ2) is 10.4. The van der Waals surface area contributed by atoms with Crippen molar-refractivity contribution in [3.63, 3.8) is 0 Å². The molecule has 3 nitrogen and oxygen atoms in total. The highest BCUT2D eigenvalue weighted by Gasteiger charge is 2.42. The zero-order chi connectivity index (χ0) is 20.9. The van der Waals surface area contributed by atoms with Gasteiger partial charge in [0, 0.05) is 4.88 Å². The number of thiophene rings is 1. The molecule has 5 heteroatoms. The van der Waals surface area contributed by atoms with E-state index in [-0.39, 0.29) is 23.4 Å². The molecule has 1 aromatic heterocycles. The van der Waals surface area contributed by atoms with Crippen LogP contribution in [0.15, 0.2) is 12.1 Å². The molecule has 0 bridgehead atoms. The molecule has 164 valence electrons. The van der Waals surface area contributed by atoms with Gasteiger partial charge in [-0.25, -0.2) is 9.18 Å². The van der Waals surface area contributed by atoms with Crippen molar-refractivity contribution in [2.24, 2.45) is 17.3 Å². The van der Waals surface area contributed by atoms with Crippen molar-refractivity contribution in [2.75, 3.05) is 7.11 Å². The van der Waals surface area contributed by atoms with Gasteiger partial charge in [0.05, 0.1) is 13.2 Å². The zero-order valence-electron chi connectivity index (χ0n) is 18.0. The van der Waals surface area contributed by atoms with Gasteiger partial charge in [0.1, 0.15) is 11.0 Å². The van der Waals surface area contributed by atoms with Gasteiger partial charge in [-0.15, -0.1) is 11.3 Å². The number of halogens is 1.